The summed E-state index contributed by atoms with van der Waals surface area (Å²) >= 11 is -4.44. The minimum absolute atomic E-state index is 0. The Bertz CT molecular complexity index is 936. The zero-order chi connectivity index (χ0) is 19.0. The molecular weight excluding hydrogens is 409 g/mol. The second-order valence-electron chi connectivity index (χ2n) is 4.81. The standard InChI is InChI=1S/C13F11S.CH4/c14-5-1-2-4(12(25(23)24)11(20)9(18)6(2)15)13(21,22)3(1)7(16)10(19)8(5)17;/h;1H4/q+1;. The van der Waals surface area contributed by atoms with E-state index in [2.05, 4.69) is 0 Å². The molecule has 0 radical (unpaired) electrons. The average Bonchev–Trinajstić information content (AvgIpc) is 2.77. The number of fused-ring (bicyclic) bond motifs is 3. The van der Waals surface area contributed by atoms with Crippen LogP contribution in [0.5, 0.6) is 0 Å². The molecule has 0 spiro atoms. The quantitative estimate of drug-likeness (QED) is 0.227. The van der Waals surface area contributed by atoms with Gasteiger partial charge in [-0.3, -0.25) is 0 Å². The van der Waals surface area contributed by atoms with E-state index in [1.165, 1.54) is 0 Å². The number of benzene rings is 2. The van der Waals surface area contributed by atoms with Gasteiger partial charge in [0, 0.05) is 11.1 Å². The second kappa shape index (κ2) is 6.03. The molecule has 0 N–H and O–H groups in total. The zero-order valence-electron chi connectivity index (χ0n) is 11.1. The smallest absolute Gasteiger partial charge is 0.203 e. The Kier molecular flexibility index (Phi) is 4.72. The first-order valence-corrected chi connectivity index (χ1v) is 6.99. The minimum Gasteiger partial charge on any atom is -0.203 e. The first-order chi connectivity index (χ1) is 11.4. The van der Waals surface area contributed by atoms with Gasteiger partial charge in [-0.25, -0.2) is 26.3 Å². The van der Waals surface area contributed by atoms with Crippen LogP contribution in [0.3, 0.4) is 0 Å². The number of alkyl halides is 2. The highest BCUT2D eigenvalue weighted by molar-refractivity contribution is 7.87. The largest absolute Gasteiger partial charge is 0.466 e. The van der Waals surface area contributed by atoms with E-state index in [0.717, 1.165) is 0 Å². The summed E-state index contributed by atoms with van der Waals surface area (Å²) in [5, 5.41) is 0. The summed E-state index contributed by atoms with van der Waals surface area (Å²) in [6.07, 6.45) is 0. The van der Waals surface area contributed by atoms with Gasteiger partial charge in [-0.2, -0.15) is 13.2 Å². The number of hydrogen-bond acceptors (Lipinski definition) is 0. The van der Waals surface area contributed by atoms with E-state index in [0.29, 0.717) is 0 Å². The molecule has 0 aromatic heterocycles. The molecule has 0 aliphatic heterocycles. The predicted molar refractivity (Wildman–Crippen MR) is 69.2 cm³/mol. The Balaban J connectivity index is 0.00000243. The van der Waals surface area contributed by atoms with Crippen molar-refractivity contribution in [3.63, 3.8) is 0 Å². The molecule has 0 bridgehead atoms. The Morgan fingerprint density at radius 1 is 0.538 bits per heavy atom. The van der Waals surface area contributed by atoms with E-state index in [1.807, 2.05) is 0 Å². The van der Waals surface area contributed by atoms with E-state index in [1.54, 1.807) is 0 Å². The van der Waals surface area contributed by atoms with Crippen LogP contribution in [0, 0.1) is 40.7 Å². The topological polar surface area (TPSA) is 0 Å². The van der Waals surface area contributed by atoms with E-state index in [-0.39, 0.29) is 7.43 Å². The third-order valence-corrected chi connectivity index (χ3v) is 4.27. The van der Waals surface area contributed by atoms with E-state index < -0.39 is 85.5 Å². The van der Waals surface area contributed by atoms with Gasteiger partial charge in [-0.15, -0.1) is 0 Å². The van der Waals surface area contributed by atoms with Crippen molar-refractivity contribution < 1.29 is 47.3 Å². The van der Waals surface area contributed by atoms with Gasteiger partial charge in [0.2, 0.25) is 11.6 Å². The molecule has 0 fully saturated rings. The van der Waals surface area contributed by atoms with Crippen LogP contribution < -0.4 is 0 Å². The summed E-state index contributed by atoms with van der Waals surface area (Å²) in [5.41, 5.74) is -8.58. The summed E-state index contributed by atoms with van der Waals surface area (Å²) in [6, 6.07) is 0. The highest BCUT2D eigenvalue weighted by Gasteiger charge is 2.59. The van der Waals surface area contributed by atoms with Crippen molar-refractivity contribution in [3.8, 4) is 11.1 Å². The fraction of sp³-hybridized carbons (Fsp3) is 0.143. The SMILES string of the molecule is C.Fc1c(F)c(F)c2c(c1F)-c1c(F)c(F)c(F)c([S+](F)F)c1C2(F)F. The van der Waals surface area contributed by atoms with E-state index in [4.69, 9.17) is 0 Å². The molecule has 0 unspecified atom stereocenters. The lowest BCUT2D eigenvalue weighted by Gasteiger charge is -2.13. The van der Waals surface area contributed by atoms with Crippen LogP contribution >= 0.6 is 0 Å². The van der Waals surface area contributed by atoms with Crippen molar-refractivity contribution in [2.45, 2.75) is 18.2 Å². The van der Waals surface area contributed by atoms with Gasteiger partial charge in [0.15, 0.2) is 29.1 Å². The molecule has 26 heavy (non-hydrogen) atoms. The highest BCUT2D eigenvalue weighted by atomic mass is 32.3. The molecule has 0 amide bonds. The fourth-order valence-corrected chi connectivity index (χ4v) is 3.21. The minimum atomic E-state index is -5.07. The number of halogens is 11. The maximum absolute atomic E-state index is 14.3. The molecule has 1 aliphatic carbocycles. The third kappa shape index (κ3) is 2.23. The average molecular weight is 413 g/mol. The maximum Gasteiger partial charge on any atom is 0.466 e. The van der Waals surface area contributed by atoms with Gasteiger partial charge < -0.3 is 0 Å². The van der Waals surface area contributed by atoms with Crippen molar-refractivity contribution in [1.29, 1.82) is 0 Å². The lowest BCUT2D eigenvalue weighted by Crippen LogP contribution is -2.19. The molecule has 0 saturated heterocycles. The predicted octanol–water partition coefficient (Wildman–Crippen LogP) is 6.16. The van der Waals surface area contributed by atoms with Gasteiger partial charge in [0.25, 0.3) is 4.90 Å². The summed E-state index contributed by atoms with van der Waals surface area (Å²) in [7, 11) is 0. The molecular formula is C14H4F11S+. The van der Waals surface area contributed by atoms with Gasteiger partial charge in [-0.05, 0) is 0 Å². The van der Waals surface area contributed by atoms with Crippen molar-refractivity contribution in [2.75, 3.05) is 0 Å². The Morgan fingerprint density at radius 2 is 0.923 bits per heavy atom. The third-order valence-electron chi connectivity index (χ3n) is 3.58. The van der Waals surface area contributed by atoms with Crippen LogP contribution in [0.15, 0.2) is 4.90 Å². The number of rotatable bonds is 1. The summed E-state index contributed by atoms with van der Waals surface area (Å²) < 4.78 is 149. The first kappa shape index (κ1) is 20.3. The number of hydrogen-bond donors (Lipinski definition) is 0. The van der Waals surface area contributed by atoms with Gasteiger partial charge >= 0.3 is 17.6 Å². The summed E-state index contributed by atoms with van der Waals surface area (Å²) in [5.74, 6) is -23.6. The van der Waals surface area contributed by atoms with Crippen molar-refractivity contribution >= 4 is 11.7 Å². The molecule has 0 nitrogen and oxygen atoms in total. The Labute approximate surface area is 141 Å². The monoisotopic (exact) mass is 413 g/mol. The van der Waals surface area contributed by atoms with Crippen LogP contribution in [0.1, 0.15) is 18.6 Å². The second-order valence-corrected chi connectivity index (χ2v) is 5.65. The van der Waals surface area contributed by atoms with Gasteiger partial charge in [0.1, 0.15) is 5.56 Å². The Morgan fingerprint density at radius 3 is 1.38 bits per heavy atom. The van der Waals surface area contributed by atoms with Crippen molar-refractivity contribution in [1.82, 2.24) is 0 Å². The Hall–Kier alpha value is -1.98. The maximum atomic E-state index is 14.3. The molecule has 12 heteroatoms. The van der Waals surface area contributed by atoms with Crippen LogP contribution in [0.4, 0.5) is 47.3 Å². The van der Waals surface area contributed by atoms with Gasteiger partial charge in [-0.1, -0.05) is 7.43 Å². The van der Waals surface area contributed by atoms with Crippen LogP contribution in [-0.2, 0) is 17.6 Å². The first-order valence-electron chi connectivity index (χ1n) is 5.96. The molecule has 2 aromatic rings. The summed E-state index contributed by atoms with van der Waals surface area (Å²) in [4.78, 5) is -2.34. The molecule has 1 aliphatic rings. The van der Waals surface area contributed by atoms with E-state index >= 15 is 0 Å². The van der Waals surface area contributed by atoms with Crippen LogP contribution in [0.2, 0.25) is 0 Å². The molecule has 3 rings (SSSR count). The summed E-state index contributed by atoms with van der Waals surface area (Å²) in [6.45, 7) is 0. The fourth-order valence-electron chi connectivity index (χ4n) is 2.60. The van der Waals surface area contributed by atoms with Crippen LogP contribution in [0.25, 0.3) is 11.1 Å². The molecule has 2 aromatic carbocycles. The molecule has 0 saturated carbocycles. The van der Waals surface area contributed by atoms with Crippen molar-refractivity contribution in [2.24, 2.45) is 0 Å². The van der Waals surface area contributed by atoms with E-state index in [9.17, 15) is 47.3 Å². The molecule has 142 valence electrons. The van der Waals surface area contributed by atoms with Crippen molar-refractivity contribution in [3.05, 3.63) is 51.8 Å². The lowest BCUT2D eigenvalue weighted by molar-refractivity contribution is 0.0390. The zero-order valence-corrected chi connectivity index (χ0v) is 11.9. The van der Waals surface area contributed by atoms with Gasteiger partial charge in [0.05, 0.1) is 13.3 Å². The highest BCUT2D eigenvalue weighted by Crippen LogP contribution is 2.57. The lowest BCUT2D eigenvalue weighted by atomic mass is 10.0. The normalized spacial score (nSPS) is 14.3. The molecule has 0 atom stereocenters. The molecule has 0 heterocycles. The van der Waals surface area contributed by atoms with Crippen LogP contribution in [-0.4, -0.2) is 0 Å².